The van der Waals surface area contributed by atoms with E-state index in [2.05, 4.69) is 36.0 Å². The van der Waals surface area contributed by atoms with E-state index < -0.39 is 0 Å². The molecule has 10 heteroatoms. The van der Waals surface area contributed by atoms with Crippen LogP contribution in [-0.4, -0.2) is 64.6 Å². The molecule has 0 bridgehead atoms. The summed E-state index contributed by atoms with van der Waals surface area (Å²) in [6.07, 6.45) is 2.01. The summed E-state index contributed by atoms with van der Waals surface area (Å²) in [5.74, 6) is 1.90. The lowest BCUT2D eigenvalue weighted by Crippen LogP contribution is -2.51. The normalized spacial score (nSPS) is 18.6. The zero-order valence-electron chi connectivity index (χ0n) is 19.7. The topological polar surface area (TPSA) is 95.7 Å². The molecule has 1 atom stereocenters. The van der Waals surface area contributed by atoms with Crippen LogP contribution in [0, 0.1) is 5.92 Å². The Bertz CT molecular complexity index is 1220. The molecule has 5 rings (SSSR count). The molecule has 182 valence electrons. The molecule has 2 saturated heterocycles. The molecule has 0 radical (unpaired) electrons. The first-order chi connectivity index (χ1) is 16.9. The van der Waals surface area contributed by atoms with Gasteiger partial charge in [-0.05, 0) is 30.3 Å². The molecule has 35 heavy (non-hydrogen) atoms. The predicted octanol–water partition coefficient (Wildman–Crippen LogP) is 3.72. The molecule has 2 amide bonds. The summed E-state index contributed by atoms with van der Waals surface area (Å²) >= 11 is 3.45. The summed E-state index contributed by atoms with van der Waals surface area (Å²) in [5, 5.41) is 4.04. The molecule has 4 heterocycles. The fourth-order valence-corrected chi connectivity index (χ4v) is 4.86. The van der Waals surface area contributed by atoms with Crippen molar-refractivity contribution < 1.29 is 14.1 Å². The van der Waals surface area contributed by atoms with Crippen molar-refractivity contribution in [1.29, 1.82) is 0 Å². The Morgan fingerprint density at radius 1 is 1.14 bits per heavy atom. The maximum atomic E-state index is 13.2. The van der Waals surface area contributed by atoms with Gasteiger partial charge in [-0.25, -0.2) is 4.98 Å². The van der Waals surface area contributed by atoms with Crippen LogP contribution in [0.25, 0.3) is 11.4 Å². The molecule has 0 aliphatic carbocycles. The number of amides is 2. The van der Waals surface area contributed by atoms with Gasteiger partial charge >= 0.3 is 0 Å². The number of aromatic nitrogens is 3. The second-order valence-corrected chi connectivity index (χ2v) is 10.1. The van der Waals surface area contributed by atoms with Gasteiger partial charge in [0.2, 0.25) is 23.5 Å². The number of anilines is 2. The summed E-state index contributed by atoms with van der Waals surface area (Å²) in [5.41, 5.74) is 1.62. The molecule has 3 aromatic rings. The van der Waals surface area contributed by atoms with Gasteiger partial charge in [-0.3, -0.25) is 9.59 Å². The van der Waals surface area contributed by atoms with E-state index >= 15 is 0 Å². The fraction of sp³-hybridized carbons (Fsp3) is 0.400. The van der Waals surface area contributed by atoms with Crippen molar-refractivity contribution in [2.75, 3.05) is 42.5 Å². The van der Waals surface area contributed by atoms with Gasteiger partial charge in [0.15, 0.2) is 0 Å². The highest BCUT2D eigenvalue weighted by Crippen LogP contribution is 2.29. The Morgan fingerprint density at radius 2 is 1.94 bits per heavy atom. The molecule has 0 N–H and O–H groups in total. The Morgan fingerprint density at radius 3 is 2.60 bits per heavy atom. The number of hydrogen-bond donors (Lipinski definition) is 0. The minimum absolute atomic E-state index is 0.00788. The third-order valence-electron chi connectivity index (χ3n) is 6.45. The molecule has 2 aliphatic heterocycles. The molecule has 1 unspecified atom stereocenters. The number of pyridine rings is 1. The number of piperazine rings is 1. The van der Waals surface area contributed by atoms with Crippen molar-refractivity contribution in [3.05, 3.63) is 53.0 Å². The molecule has 2 fully saturated rings. The van der Waals surface area contributed by atoms with Gasteiger partial charge in [-0.15, -0.1) is 0 Å². The molecule has 1 aromatic carbocycles. The Hall–Kier alpha value is -3.27. The van der Waals surface area contributed by atoms with Gasteiger partial charge in [0, 0.05) is 67.0 Å². The lowest BCUT2D eigenvalue weighted by molar-refractivity contribution is -0.136. The Balaban J connectivity index is 1.17. The Kier molecular flexibility index (Phi) is 6.55. The number of halogens is 1. The minimum atomic E-state index is -0.309. The smallest absolute Gasteiger partial charge is 0.229 e. The van der Waals surface area contributed by atoms with Crippen LogP contribution in [0.3, 0.4) is 0 Å². The average molecular weight is 539 g/mol. The van der Waals surface area contributed by atoms with Gasteiger partial charge in [0.1, 0.15) is 5.82 Å². The maximum absolute atomic E-state index is 13.2. The monoisotopic (exact) mass is 538 g/mol. The summed E-state index contributed by atoms with van der Waals surface area (Å²) in [6, 6.07) is 11.5. The first kappa shape index (κ1) is 23.5. The van der Waals surface area contributed by atoms with E-state index in [-0.39, 0.29) is 30.1 Å². The van der Waals surface area contributed by atoms with Gasteiger partial charge in [-0.1, -0.05) is 41.0 Å². The standard InChI is InChI=1S/C25H27BrN6O3/c1-16(2)24-28-23(29-35-24)17-6-7-21(27-14-17)30-8-10-31(11-9-30)25(34)18-12-22(33)32(15-18)20-5-3-4-19(26)13-20/h3-7,13-14,16,18H,8-12,15H2,1-2H3. The lowest BCUT2D eigenvalue weighted by atomic mass is 10.1. The maximum Gasteiger partial charge on any atom is 0.229 e. The van der Waals surface area contributed by atoms with Crippen molar-refractivity contribution in [2.24, 2.45) is 5.92 Å². The van der Waals surface area contributed by atoms with E-state index in [1.807, 2.05) is 55.1 Å². The number of nitrogens with zero attached hydrogens (tertiary/aromatic N) is 6. The van der Waals surface area contributed by atoms with Gasteiger partial charge in [0.05, 0.1) is 5.92 Å². The van der Waals surface area contributed by atoms with E-state index in [9.17, 15) is 9.59 Å². The third kappa shape index (κ3) is 4.93. The van der Waals surface area contributed by atoms with Crippen LogP contribution in [0.2, 0.25) is 0 Å². The average Bonchev–Trinajstić information content (AvgIpc) is 3.51. The number of carbonyl (C=O) groups is 2. The summed E-state index contributed by atoms with van der Waals surface area (Å²) in [6.45, 7) is 7.02. The lowest BCUT2D eigenvalue weighted by Gasteiger charge is -2.36. The highest BCUT2D eigenvalue weighted by Gasteiger charge is 2.38. The van der Waals surface area contributed by atoms with Gasteiger partial charge < -0.3 is 19.2 Å². The fourth-order valence-electron chi connectivity index (χ4n) is 4.47. The van der Waals surface area contributed by atoms with Crippen molar-refractivity contribution in [1.82, 2.24) is 20.0 Å². The van der Waals surface area contributed by atoms with E-state index in [4.69, 9.17) is 4.52 Å². The highest BCUT2D eigenvalue weighted by atomic mass is 79.9. The number of carbonyl (C=O) groups excluding carboxylic acids is 2. The van der Waals surface area contributed by atoms with E-state index in [1.165, 1.54) is 0 Å². The zero-order valence-corrected chi connectivity index (χ0v) is 21.3. The quantitative estimate of drug-likeness (QED) is 0.488. The minimum Gasteiger partial charge on any atom is -0.353 e. The van der Waals surface area contributed by atoms with Gasteiger partial charge in [-0.2, -0.15) is 4.98 Å². The van der Waals surface area contributed by atoms with Crippen molar-refractivity contribution in [3.63, 3.8) is 0 Å². The van der Waals surface area contributed by atoms with Crippen LogP contribution < -0.4 is 9.80 Å². The molecular weight excluding hydrogens is 512 g/mol. The zero-order chi connectivity index (χ0) is 24.5. The van der Waals surface area contributed by atoms with Crippen LogP contribution in [-0.2, 0) is 9.59 Å². The second-order valence-electron chi connectivity index (χ2n) is 9.21. The SMILES string of the molecule is CC(C)c1nc(-c2ccc(N3CCN(C(=O)C4CC(=O)N(c5cccc(Br)c5)C4)CC3)nc2)no1. The first-order valence-corrected chi connectivity index (χ1v) is 12.6. The van der Waals surface area contributed by atoms with Crippen LogP contribution in [0.5, 0.6) is 0 Å². The summed E-state index contributed by atoms with van der Waals surface area (Å²) in [7, 11) is 0. The first-order valence-electron chi connectivity index (χ1n) is 11.8. The Labute approximate surface area is 212 Å². The van der Waals surface area contributed by atoms with Crippen molar-refractivity contribution in [2.45, 2.75) is 26.2 Å². The summed E-state index contributed by atoms with van der Waals surface area (Å²) < 4.78 is 6.19. The molecule has 0 spiro atoms. The number of benzene rings is 1. The number of hydrogen-bond acceptors (Lipinski definition) is 7. The van der Waals surface area contributed by atoms with E-state index in [0.29, 0.717) is 44.4 Å². The summed E-state index contributed by atoms with van der Waals surface area (Å²) in [4.78, 5) is 40.5. The predicted molar refractivity (Wildman–Crippen MR) is 135 cm³/mol. The third-order valence-corrected chi connectivity index (χ3v) is 6.94. The van der Waals surface area contributed by atoms with Gasteiger partial charge in [0.25, 0.3) is 0 Å². The molecule has 2 aliphatic rings. The van der Waals surface area contributed by atoms with Crippen molar-refractivity contribution in [3.8, 4) is 11.4 Å². The van der Waals surface area contributed by atoms with Crippen molar-refractivity contribution >= 4 is 39.2 Å². The van der Waals surface area contributed by atoms with E-state index in [0.717, 1.165) is 21.5 Å². The van der Waals surface area contributed by atoms with E-state index in [1.54, 1.807) is 11.1 Å². The van der Waals surface area contributed by atoms with Crippen LogP contribution in [0.4, 0.5) is 11.5 Å². The van der Waals surface area contributed by atoms with Crippen LogP contribution in [0.15, 0.2) is 51.6 Å². The molecule has 9 nitrogen and oxygen atoms in total. The molecule has 0 saturated carbocycles. The highest BCUT2D eigenvalue weighted by molar-refractivity contribution is 9.10. The number of rotatable bonds is 5. The van der Waals surface area contributed by atoms with Crippen LogP contribution in [0.1, 0.15) is 32.1 Å². The second kappa shape index (κ2) is 9.77. The molecular formula is C25H27BrN6O3. The molecule has 2 aromatic heterocycles. The van der Waals surface area contributed by atoms with Crippen LogP contribution >= 0.6 is 15.9 Å². The largest absolute Gasteiger partial charge is 0.353 e.